The van der Waals surface area contributed by atoms with Crippen LogP contribution in [0.1, 0.15) is 85.9 Å². The van der Waals surface area contributed by atoms with Gasteiger partial charge in [0.1, 0.15) is 30.5 Å². The van der Waals surface area contributed by atoms with Crippen molar-refractivity contribution in [2.24, 2.45) is 5.41 Å². The third kappa shape index (κ3) is 9.49. The van der Waals surface area contributed by atoms with E-state index in [1.807, 2.05) is 80.6 Å². The molecule has 0 aliphatic rings. The van der Waals surface area contributed by atoms with Gasteiger partial charge in [-0.05, 0) is 50.3 Å². The predicted molar refractivity (Wildman–Crippen MR) is 153 cm³/mol. The van der Waals surface area contributed by atoms with Gasteiger partial charge in [-0.2, -0.15) is 0 Å². The fourth-order valence-corrected chi connectivity index (χ4v) is 4.08. The highest BCUT2D eigenvalue weighted by molar-refractivity contribution is 6.03. The van der Waals surface area contributed by atoms with Crippen LogP contribution in [0.2, 0.25) is 0 Å². The summed E-state index contributed by atoms with van der Waals surface area (Å²) < 4.78 is 11.5. The van der Waals surface area contributed by atoms with Crippen molar-refractivity contribution in [2.75, 3.05) is 13.2 Å². The van der Waals surface area contributed by atoms with Gasteiger partial charge >= 0.3 is 0 Å². The minimum atomic E-state index is -0.0382. The van der Waals surface area contributed by atoms with Gasteiger partial charge in [-0.3, -0.25) is 9.59 Å². The summed E-state index contributed by atoms with van der Waals surface area (Å²) in [5.74, 6) is 1.78. The summed E-state index contributed by atoms with van der Waals surface area (Å²) in [4.78, 5) is 23.1. The molecule has 0 amide bonds. The molecule has 3 rings (SSSR count). The maximum absolute atomic E-state index is 11.9. The Kier molecular flexibility index (Phi) is 14.2. The van der Waals surface area contributed by atoms with Crippen LogP contribution in [-0.4, -0.2) is 24.8 Å². The Labute approximate surface area is 219 Å². The van der Waals surface area contributed by atoms with Crippen LogP contribution in [0.15, 0.2) is 66.7 Å². The number of rotatable bonds is 11. The summed E-state index contributed by atoms with van der Waals surface area (Å²) in [6.45, 7) is 14.4. The van der Waals surface area contributed by atoms with Gasteiger partial charge < -0.3 is 9.47 Å². The Morgan fingerprint density at radius 1 is 0.778 bits per heavy atom. The molecule has 0 aliphatic heterocycles. The third-order valence-electron chi connectivity index (χ3n) is 6.05. The molecule has 0 saturated carbocycles. The highest BCUT2D eigenvalue weighted by atomic mass is 16.5. The average molecular weight is 495 g/mol. The van der Waals surface area contributed by atoms with Crippen LogP contribution in [0.3, 0.4) is 0 Å². The smallest absolute Gasteiger partial charge is 0.163 e. The lowest BCUT2D eigenvalue weighted by Gasteiger charge is -2.25. The Morgan fingerprint density at radius 3 is 1.89 bits per heavy atom. The summed E-state index contributed by atoms with van der Waals surface area (Å²) in [5.41, 5.74) is 0.562. The minimum Gasteiger partial charge on any atom is -0.490 e. The quantitative estimate of drug-likeness (QED) is 0.197. The van der Waals surface area contributed by atoms with Gasteiger partial charge in [-0.25, -0.2) is 0 Å². The number of fused-ring (bicyclic) bond motifs is 1. The fraction of sp³-hybridized carbons (Fsp3) is 0.438. The first-order valence-electron chi connectivity index (χ1n) is 13.2. The number of hydrogen-bond donors (Lipinski definition) is 0. The standard InChI is InChI=1S/C20H18O3.C10H20O.C2H6.H2/c1-15(21)18-12-11-16-7-5-6-10-19(16)20(18)23-14-13-22-17-8-3-2-4-9-17;1-5-7-10(4,8-6-2)9(3)11;1-2;/h2-12H,13-14H2,1H3;5-8H2,1-4H3;1-2H3;1H. The summed E-state index contributed by atoms with van der Waals surface area (Å²) >= 11 is 0. The van der Waals surface area contributed by atoms with Crippen molar-refractivity contribution < 1.29 is 20.5 Å². The van der Waals surface area contributed by atoms with Crippen LogP contribution in [0.5, 0.6) is 11.5 Å². The number of carbonyl (C=O) groups is 2. The zero-order chi connectivity index (χ0) is 27.0. The van der Waals surface area contributed by atoms with Gasteiger partial charge in [-0.1, -0.05) is 96.0 Å². The lowest BCUT2D eigenvalue weighted by Crippen LogP contribution is -2.24. The van der Waals surface area contributed by atoms with E-state index in [-0.39, 0.29) is 12.6 Å². The molecule has 0 atom stereocenters. The summed E-state index contributed by atoms with van der Waals surface area (Å²) in [7, 11) is 0. The molecule has 0 aromatic heterocycles. The Hall–Kier alpha value is -3.14. The largest absolute Gasteiger partial charge is 0.490 e. The first-order chi connectivity index (χ1) is 17.3. The van der Waals surface area contributed by atoms with Crippen molar-refractivity contribution in [2.45, 2.75) is 74.1 Å². The minimum absolute atomic E-state index is 0. The zero-order valence-electron chi connectivity index (χ0n) is 23.2. The molecule has 0 bridgehead atoms. The van der Waals surface area contributed by atoms with E-state index in [1.165, 1.54) is 0 Å². The number of hydrogen-bond acceptors (Lipinski definition) is 4. The molecule has 4 heteroatoms. The molecule has 198 valence electrons. The molecule has 0 fully saturated rings. The van der Waals surface area contributed by atoms with Gasteiger partial charge in [0.05, 0.1) is 5.56 Å². The molecule has 3 aromatic carbocycles. The molecule has 0 N–H and O–H groups in total. The van der Waals surface area contributed by atoms with Crippen LogP contribution in [-0.2, 0) is 4.79 Å². The normalized spacial score (nSPS) is 10.4. The molecule has 4 nitrogen and oxygen atoms in total. The highest BCUT2D eigenvalue weighted by Crippen LogP contribution is 2.31. The highest BCUT2D eigenvalue weighted by Gasteiger charge is 2.27. The van der Waals surface area contributed by atoms with Gasteiger partial charge in [0, 0.05) is 12.2 Å². The molecule has 0 aliphatic carbocycles. The number of ketones is 2. The molecule has 0 spiro atoms. The van der Waals surface area contributed by atoms with Gasteiger partial charge in [0.25, 0.3) is 0 Å². The van der Waals surface area contributed by atoms with Crippen LogP contribution in [0.4, 0.5) is 0 Å². The number of Topliss-reactive ketones (excluding diaryl/α,β-unsaturated/α-hetero) is 2. The molecular formula is C32H46O4. The van der Waals surface area contributed by atoms with Crippen LogP contribution in [0.25, 0.3) is 10.8 Å². The number of benzene rings is 3. The van der Waals surface area contributed by atoms with Crippen LogP contribution < -0.4 is 9.47 Å². The third-order valence-corrected chi connectivity index (χ3v) is 6.05. The average Bonchev–Trinajstić information content (AvgIpc) is 2.89. The fourth-order valence-electron chi connectivity index (χ4n) is 4.08. The number of para-hydroxylation sites is 1. The van der Waals surface area contributed by atoms with Crippen molar-refractivity contribution in [1.29, 1.82) is 0 Å². The van der Waals surface area contributed by atoms with E-state index in [0.717, 1.165) is 42.2 Å². The van der Waals surface area contributed by atoms with E-state index in [2.05, 4.69) is 20.8 Å². The van der Waals surface area contributed by atoms with E-state index in [9.17, 15) is 9.59 Å². The molecule has 36 heavy (non-hydrogen) atoms. The summed E-state index contributed by atoms with van der Waals surface area (Å²) in [6, 6.07) is 21.2. The number of carbonyl (C=O) groups excluding carboxylic acids is 2. The maximum Gasteiger partial charge on any atom is 0.163 e. The van der Waals surface area contributed by atoms with E-state index < -0.39 is 0 Å². The topological polar surface area (TPSA) is 52.6 Å². The van der Waals surface area contributed by atoms with Crippen LogP contribution >= 0.6 is 0 Å². The first-order valence-corrected chi connectivity index (χ1v) is 13.2. The van der Waals surface area contributed by atoms with Crippen molar-refractivity contribution in [1.82, 2.24) is 0 Å². The van der Waals surface area contributed by atoms with Crippen molar-refractivity contribution in [3.8, 4) is 11.5 Å². The van der Waals surface area contributed by atoms with Gasteiger partial charge in [-0.15, -0.1) is 0 Å². The summed E-state index contributed by atoms with van der Waals surface area (Å²) in [6.07, 6.45) is 4.29. The van der Waals surface area contributed by atoms with E-state index in [4.69, 9.17) is 9.47 Å². The lowest BCUT2D eigenvalue weighted by atomic mass is 9.78. The molecular weight excluding hydrogens is 448 g/mol. The molecule has 0 saturated heterocycles. The maximum atomic E-state index is 11.9. The zero-order valence-corrected chi connectivity index (χ0v) is 23.2. The van der Waals surface area contributed by atoms with Crippen LogP contribution in [0, 0.1) is 5.41 Å². The Balaban J connectivity index is 0.000000792. The second-order valence-electron chi connectivity index (χ2n) is 8.85. The second-order valence-corrected chi connectivity index (χ2v) is 8.85. The van der Waals surface area contributed by atoms with Gasteiger partial charge in [0.15, 0.2) is 5.78 Å². The second kappa shape index (κ2) is 16.5. The van der Waals surface area contributed by atoms with E-state index >= 15 is 0 Å². The number of ether oxygens (including phenoxy) is 2. The Bertz CT molecular complexity index is 1060. The van der Waals surface area contributed by atoms with Crippen molar-refractivity contribution in [3.63, 3.8) is 0 Å². The predicted octanol–water partition coefficient (Wildman–Crippen LogP) is 8.95. The summed E-state index contributed by atoms with van der Waals surface area (Å²) in [5, 5.41) is 2.00. The van der Waals surface area contributed by atoms with Gasteiger partial charge in [0.2, 0.25) is 0 Å². The molecule has 0 radical (unpaired) electrons. The molecule has 3 aromatic rings. The molecule has 0 heterocycles. The molecule has 0 unspecified atom stereocenters. The van der Waals surface area contributed by atoms with E-state index in [1.54, 1.807) is 13.8 Å². The van der Waals surface area contributed by atoms with Crippen molar-refractivity contribution >= 4 is 22.3 Å². The van der Waals surface area contributed by atoms with E-state index in [0.29, 0.717) is 30.3 Å². The first kappa shape index (κ1) is 30.9. The lowest BCUT2D eigenvalue weighted by molar-refractivity contribution is -0.126. The van der Waals surface area contributed by atoms with Crippen molar-refractivity contribution in [3.05, 3.63) is 72.3 Å². The SMILES string of the molecule is CC.CC(=O)c1ccc2ccccc2c1OCCOc1ccccc1.CCCC(C)(CCC)C(C)=O.[HH]. The Morgan fingerprint density at radius 2 is 1.33 bits per heavy atom. The monoisotopic (exact) mass is 494 g/mol.